The summed E-state index contributed by atoms with van der Waals surface area (Å²) in [6.45, 7) is 7.27. The van der Waals surface area contributed by atoms with E-state index in [9.17, 15) is 0 Å². The average molecular weight is 249 g/mol. The zero-order valence-corrected chi connectivity index (χ0v) is 11.8. The Kier molecular flexibility index (Phi) is 8.53. The molecule has 0 amide bonds. The fourth-order valence-corrected chi connectivity index (χ4v) is 1.91. The molecule has 1 unspecified atom stereocenters. The molecule has 2 nitrogen and oxygen atoms in total. The summed E-state index contributed by atoms with van der Waals surface area (Å²) in [5.41, 5.74) is 1.40. The molecule has 0 saturated heterocycles. The first-order valence-corrected chi connectivity index (χ1v) is 7.18. The van der Waals surface area contributed by atoms with Crippen LogP contribution in [0.5, 0.6) is 0 Å². The normalized spacial score (nSPS) is 12.6. The third-order valence-electron chi connectivity index (χ3n) is 2.99. The fourth-order valence-electron chi connectivity index (χ4n) is 1.91. The van der Waals surface area contributed by atoms with Crippen molar-refractivity contribution in [1.29, 1.82) is 0 Å². The van der Waals surface area contributed by atoms with Gasteiger partial charge in [-0.3, -0.25) is 0 Å². The summed E-state index contributed by atoms with van der Waals surface area (Å²) in [7, 11) is 0. The number of hydrogen-bond acceptors (Lipinski definition) is 2. The van der Waals surface area contributed by atoms with Gasteiger partial charge in [0.2, 0.25) is 0 Å². The first-order valence-electron chi connectivity index (χ1n) is 7.18. The lowest BCUT2D eigenvalue weighted by Crippen LogP contribution is -2.29. The van der Waals surface area contributed by atoms with Crippen LogP contribution in [0.1, 0.15) is 38.7 Å². The Bertz CT molecular complexity index is 286. The zero-order chi connectivity index (χ0) is 13.1. The van der Waals surface area contributed by atoms with E-state index in [1.165, 1.54) is 18.4 Å². The molecule has 0 aliphatic rings. The van der Waals surface area contributed by atoms with Crippen LogP contribution < -0.4 is 5.32 Å². The molecule has 1 rings (SSSR count). The average Bonchev–Trinajstić information content (AvgIpc) is 2.39. The molecule has 0 bridgehead atoms. The first kappa shape index (κ1) is 15.2. The molecule has 0 aliphatic carbocycles. The molecule has 0 fully saturated rings. The van der Waals surface area contributed by atoms with E-state index in [4.69, 9.17) is 4.74 Å². The highest BCUT2D eigenvalue weighted by Gasteiger charge is 2.01. The maximum atomic E-state index is 5.53. The van der Waals surface area contributed by atoms with Crippen molar-refractivity contribution < 1.29 is 4.74 Å². The van der Waals surface area contributed by atoms with E-state index in [1.807, 2.05) is 0 Å². The molecule has 18 heavy (non-hydrogen) atoms. The second kappa shape index (κ2) is 10.1. The number of rotatable bonds is 10. The van der Waals surface area contributed by atoms with Crippen molar-refractivity contribution in [3.05, 3.63) is 35.9 Å². The van der Waals surface area contributed by atoms with Gasteiger partial charge in [-0.2, -0.15) is 0 Å². The van der Waals surface area contributed by atoms with E-state index in [2.05, 4.69) is 49.5 Å². The predicted octanol–water partition coefficient (Wildman–Crippen LogP) is 3.41. The summed E-state index contributed by atoms with van der Waals surface area (Å²) in [4.78, 5) is 0. The molecular weight excluding hydrogens is 222 g/mol. The Balaban J connectivity index is 1.99. The van der Waals surface area contributed by atoms with Gasteiger partial charge in [0.05, 0.1) is 0 Å². The zero-order valence-electron chi connectivity index (χ0n) is 11.8. The van der Waals surface area contributed by atoms with E-state index in [0.717, 1.165) is 32.6 Å². The highest BCUT2D eigenvalue weighted by Crippen LogP contribution is 2.02. The molecule has 1 atom stereocenters. The maximum Gasteiger partial charge on any atom is 0.0478 e. The van der Waals surface area contributed by atoms with Gasteiger partial charge in [-0.05, 0) is 38.3 Å². The lowest BCUT2D eigenvalue weighted by molar-refractivity contribution is 0.128. The summed E-state index contributed by atoms with van der Waals surface area (Å²) in [6.07, 6.45) is 4.59. The molecule has 0 aromatic heterocycles. The standard InChI is InChI=1S/C16H27NO/c1-3-4-12-18-13-8-11-17-15(2)14-16-9-6-5-7-10-16/h5-7,9-10,15,17H,3-4,8,11-14H2,1-2H3. The maximum absolute atomic E-state index is 5.53. The fraction of sp³-hybridized carbons (Fsp3) is 0.625. The lowest BCUT2D eigenvalue weighted by Gasteiger charge is -2.13. The van der Waals surface area contributed by atoms with E-state index in [-0.39, 0.29) is 0 Å². The molecule has 2 heteroatoms. The quantitative estimate of drug-likeness (QED) is 0.642. The number of ether oxygens (including phenoxy) is 1. The van der Waals surface area contributed by atoms with Gasteiger partial charge in [0.15, 0.2) is 0 Å². The van der Waals surface area contributed by atoms with Crippen LogP contribution in [0.25, 0.3) is 0 Å². The minimum atomic E-state index is 0.531. The molecule has 0 radical (unpaired) electrons. The Morgan fingerprint density at radius 2 is 1.83 bits per heavy atom. The minimum Gasteiger partial charge on any atom is -0.381 e. The second-order valence-electron chi connectivity index (χ2n) is 4.86. The third kappa shape index (κ3) is 7.46. The highest BCUT2D eigenvalue weighted by atomic mass is 16.5. The smallest absolute Gasteiger partial charge is 0.0478 e. The molecule has 0 saturated carbocycles. The predicted molar refractivity (Wildman–Crippen MR) is 78.0 cm³/mol. The number of nitrogens with one attached hydrogen (secondary N) is 1. The van der Waals surface area contributed by atoms with Crippen molar-refractivity contribution in [3.8, 4) is 0 Å². The highest BCUT2D eigenvalue weighted by molar-refractivity contribution is 5.15. The van der Waals surface area contributed by atoms with Crippen LogP contribution in [0.3, 0.4) is 0 Å². The Hall–Kier alpha value is -0.860. The number of unbranched alkanes of at least 4 members (excludes halogenated alkanes) is 1. The van der Waals surface area contributed by atoms with Gasteiger partial charge >= 0.3 is 0 Å². The first-order chi connectivity index (χ1) is 8.83. The molecule has 1 aromatic rings. The summed E-state index contributed by atoms with van der Waals surface area (Å²) in [6, 6.07) is 11.2. The SMILES string of the molecule is CCCCOCCCNC(C)Cc1ccccc1. The largest absolute Gasteiger partial charge is 0.381 e. The van der Waals surface area contributed by atoms with Crippen LogP contribution in [0.4, 0.5) is 0 Å². The lowest BCUT2D eigenvalue weighted by atomic mass is 10.1. The van der Waals surface area contributed by atoms with Crippen LogP contribution in [-0.4, -0.2) is 25.8 Å². The monoisotopic (exact) mass is 249 g/mol. The summed E-state index contributed by atoms with van der Waals surface area (Å²) >= 11 is 0. The Morgan fingerprint density at radius 1 is 1.11 bits per heavy atom. The second-order valence-corrected chi connectivity index (χ2v) is 4.86. The molecule has 1 aromatic carbocycles. The van der Waals surface area contributed by atoms with Crippen molar-refractivity contribution >= 4 is 0 Å². The van der Waals surface area contributed by atoms with Crippen LogP contribution in [0.2, 0.25) is 0 Å². The molecule has 0 aliphatic heterocycles. The summed E-state index contributed by atoms with van der Waals surface area (Å²) in [5.74, 6) is 0. The number of hydrogen-bond donors (Lipinski definition) is 1. The van der Waals surface area contributed by atoms with Gasteiger partial charge in [-0.1, -0.05) is 43.7 Å². The van der Waals surface area contributed by atoms with Gasteiger partial charge in [-0.25, -0.2) is 0 Å². The minimum absolute atomic E-state index is 0.531. The van der Waals surface area contributed by atoms with Gasteiger partial charge in [0, 0.05) is 19.3 Å². The molecule has 0 heterocycles. The van der Waals surface area contributed by atoms with Gasteiger partial charge in [0.1, 0.15) is 0 Å². The van der Waals surface area contributed by atoms with Gasteiger partial charge < -0.3 is 10.1 Å². The van der Waals surface area contributed by atoms with Crippen LogP contribution in [-0.2, 0) is 11.2 Å². The Morgan fingerprint density at radius 3 is 2.56 bits per heavy atom. The van der Waals surface area contributed by atoms with E-state index in [1.54, 1.807) is 0 Å². The van der Waals surface area contributed by atoms with Crippen LogP contribution >= 0.6 is 0 Å². The summed E-state index contributed by atoms with van der Waals surface area (Å²) < 4.78 is 5.53. The summed E-state index contributed by atoms with van der Waals surface area (Å²) in [5, 5.41) is 3.54. The topological polar surface area (TPSA) is 21.3 Å². The van der Waals surface area contributed by atoms with E-state index in [0.29, 0.717) is 6.04 Å². The van der Waals surface area contributed by atoms with Crippen LogP contribution in [0.15, 0.2) is 30.3 Å². The van der Waals surface area contributed by atoms with Crippen LogP contribution in [0, 0.1) is 0 Å². The molecular formula is C16H27NO. The van der Waals surface area contributed by atoms with Crippen molar-refractivity contribution in [1.82, 2.24) is 5.32 Å². The molecule has 0 spiro atoms. The van der Waals surface area contributed by atoms with Crippen molar-refractivity contribution in [2.45, 2.75) is 45.6 Å². The Labute approximate surface area is 112 Å². The van der Waals surface area contributed by atoms with Gasteiger partial charge in [0.25, 0.3) is 0 Å². The van der Waals surface area contributed by atoms with E-state index >= 15 is 0 Å². The molecule has 102 valence electrons. The van der Waals surface area contributed by atoms with Crippen molar-refractivity contribution in [2.75, 3.05) is 19.8 Å². The number of benzene rings is 1. The van der Waals surface area contributed by atoms with Crippen molar-refractivity contribution in [2.24, 2.45) is 0 Å². The van der Waals surface area contributed by atoms with E-state index < -0.39 is 0 Å². The molecule has 1 N–H and O–H groups in total. The van der Waals surface area contributed by atoms with Crippen molar-refractivity contribution in [3.63, 3.8) is 0 Å². The van der Waals surface area contributed by atoms with Gasteiger partial charge in [-0.15, -0.1) is 0 Å². The third-order valence-corrected chi connectivity index (χ3v) is 2.99.